The van der Waals surface area contributed by atoms with E-state index in [2.05, 4.69) is 6.92 Å². The summed E-state index contributed by atoms with van der Waals surface area (Å²) < 4.78 is 24.1. The van der Waals surface area contributed by atoms with Crippen LogP contribution in [-0.4, -0.2) is 19.3 Å². The van der Waals surface area contributed by atoms with Crippen LogP contribution in [0, 0.1) is 0 Å². The van der Waals surface area contributed by atoms with Crippen LogP contribution in [0.1, 0.15) is 63.0 Å². The molecule has 0 fully saturated rings. The molecule has 0 heterocycles. The molecule has 0 atom stereocenters. The molecule has 0 aliphatic carbocycles. The molecule has 1 N–H and O–H groups in total. The van der Waals surface area contributed by atoms with Crippen molar-refractivity contribution in [3.63, 3.8) is 0 Å². The summed E-state index contributed by atoms with van der Waals surface area (Å²) in [7, 11) is -3.01. The van der Waals surface area contributed by atoms with Crippen molar-refractivity contribution in [2.24, 2.45) is 0 Å². The lowest BCUT2D eigenvalue weighted by atomic mass is 10.1. The number of aliphatic hydroxyl groups is 1. The van der Waals surface area contributed by atoms with Gasteiger partial charge in [0.25, 0.3) is 0 Å². The molecular formula is C17H28O3S. The molecule has 0 unspecified atom stereocenters. The van der Waals surface area contributed by atoms with Gasteiger partial charge in [-0.05, 0) is 17.5 Å². The molecule has 0 aliphatic rings. The second-order valence-electron chi connectivity index (χ2n) is 5.69. The van der Waals surface area contributed by atoms with E-state index in [-0.39, 0.29) is 18.1 Å². The first-order valence-electron chi connectivity index (χ1n) is 7.96. The molecule has 0 aromatic heterocycles. The predicted molar refractivity (Wildman–Crippen MR) is 87.8 cm³/mol. The van der Waals surface area contributed by atoms with Crippen molar-refractivity contribution in [2.75, 3.05) is 5.75 Å². The number of benzene rings is 1. The average molecular weight is 312 g/mol. The molecule has 3 nitrogen and oxygen atoms in total. The minimum Gasteiger partial charge on any atom is -0.392 e. The zero-order chi connectivity index (χ0) is 15.6. The maximum atomic E-state index is 12.0. The maximum Gasteiger partial charge on any atom is 0.154 e. The first kappa shape index (κ1) is 18.2. The third-order valence-electron chi connectivity index (χ3n) is 3.65. The van der Waals surface area contributed by atoms with Crippen LogP contribution in [0.15, 0.2) is 24.3 Å². The van der Waals surface area contributed by atoms with Gasteiger partial charge in [-0.25, -0.2) is 8.42 Å². The fourth-order valence-corrected chi connectivity index (χ4v) is 3.83. The third kappa shape index (κ3) is 8.22. The van der Waals surface area contributed by atoms with Crippen LogP contribution < -0.4 is 0 Å². The fourth-order valence-electron chi connectivity index (χ4n) is 2.35. The standard InChI is InChI=1S/C17H28O3S/c1-2-3-4-5-6-7-8-13-21(19,20)15-17-11-9-16(14-18)10-12-17/h9-12,18H,2-8,13-15H2,1H3. The van der Waals surface area contributed by atoms with Crippen molar-refractivity contribution >= 4 is 9.84 Å². The summed E-state index contributed by atoms with van der Waals surface area (Å²) in [5, 5.41) is 8.96. The second kappa shape index (κ2) is 9.96. The van der Waals surface area contributed by atoms with E-state index < -0.39 is 9.84 Å². The van der Waals surface area contributed by atoms with Crippen LogP contribution in [0.25, 0.3) is 0 Å². The molecule has 0 radical (unpaired) electrons. The van der Waals surface area contributed by atoms with Gasteiger partial charge in [0.2, 0.25) is 0 Å². The summed E-state index contributed by atoms with van der Waals surface area (Å²) in [5.74, 6) is 0.386. The van der Waals surface area contributed by atoms with E-state index >= 15 is 0 Å². The van der Waals surface area contributed by atoms with Gasteiger partial charge in [-0.15, -0.1) is 0 Å². The molecule has 4 heteroatoms. The molecule has 0 bridgehead atoms. The predicted octanol–water partition coefficient (Wildman–Crippen LogP) is 3.84. The highest BCUT2D eigenvalue weighted by Crippen LogP contribution is 2.12. The van der Waals surface area contributed by atoms with E-state index in [0.29, 0.717) is 0 Å². The molecule has 0 aliphatic heterocycles. The minimum absolute atomic E-state index is 0.00887. The van der Waals surface area contributed by atoms with Crippen LogP contribution in [0.5, 0.6) is 0 Å². The van der Waals surface area contributed by atoms with Gasteiger partial charge in [-0.3, -0.25) is 0 Å². The monoisotopic (exact) mass is 312 g/mol. The third-order valence-corrected chi connectivity index (χ3v) is 5.33. The fraction of sp³-hybridized carbons (Fsp3) is 0.647. The van der Waals surface area contributed by atoms with Gasteiger partial charge < -0.3 is 5.11 Å². The van der Waals surface area contributed by atoms with Gasteiger partial charge in [-0.2, -0.15) is 0 Å². The number of sulfone groups is 1. The molecule has 0 saturated heterocycles. The topological polar surface area (TPSA) is 54.4 Å². The summed E-state index contributed by atoms with van der Waals surface area (Å²) in [6.45, 7) is 2.19. The SMILES string of the molecule is CCCCCCCCCS(=O)(=O)Cc1ccc(CO)cc1. The van der Waals surface area contributed by atoms with Gasteiger partial charge in [-0.1, -0.05) is 69.7 Å². The van der Waals surface area contributed by atoms with E-state index in [0.717, 1.165) is 30.4 Å². The molecular weight excluding hydrogens is 284 g/mol. The lowest BCUT2D eigenvalue weighted by Crippen LogP contribution is -2.09. The van der Waals surface area contributed by atoms with Gasteiger partial charge in [0, 0.05) is 0 Å². The molecule has 0 amide bonds. The van der Waals surface area contributed by atoms with Crippen LogP contribution in [-0.2, 0) is 22.2 Å². The molecule has 21 heavy (non-hydrogen) atoms. The van der Waals surface area contributed by atoms with Gasteiger partial charge in [0.15, 0.2) is 9.84 Å². The maximum absolute atomic E-state index is 12.0. The highest BCUT2D eigenvalue weighted by Gasteiger charge is 2.11. The van der Waals surface area contributed by atoms with Crippen LogP contribution in [0.2, 0.25) is 0 Å². The smallest absolute Gasteiger partial charge is 0.154 e. The Bertz CT molecular complexity index is 477. The Labute approximate surface area is 129 Å². The Hall–Kier alpha value is -0.870. The Morgan fingerprint density at radius 2 is 1.38 bits per heavy atom. The van der Waals surface area contributed by atoms with Gasteiger partial charge in [0.1, 0.15) is 0 Å². The number of hydrogen-bond donors (Lipinski definition) is 1. The molecule has 1 rings (SSSR count). The number of rotatable bonds is 11. The van der Waals surface area contributed by atoms with Crippen LogP contribution in [0.4, 0.5) is 0 Å². The Morgan fingerprint density at radius 1 is 0.857 bits per heavy atom. The van der Waals surface area contributed by atoms with Crippen molar-refractivity contribution in [1.29, 1.82) is 0 Å². The second-order valence-corrected chi connectivity index (χ2v) is 7.87. The summed E-state index contributed by atoms with van der Waals surface area (Å²) in [4.78, 5) is 0. The molecule has 1 aromatic rings. The zero-order valence-corrected chi connectivity index (χ0v) is 13.9. The van der Waals surface area contributed by atoms with E-state index in [1.165, 1.54) is 25.7 Å². The van der Waals surface area contributed by atoms with E-state index in [1.807, 2.05) is 0 Å². The number of aliphatic hydroxyl groups excluding tert-OH is 1. The first-order valence-corrected chi connectivity index (χ1v) is 9.78. The summed E-state index contributed by atoms with van der Waals surface area (Å²) >= 11 is 0. The van der Waals surface area contributed by atoms with Crippen molar-refractivity contribution in [1.82, 2.24) is 0 Å². The Morgan fingerprint density at radius 3 is 1.95 bits per heavy atom. The normalized spacial score (nSPS) is 11.7. The summed E-state index contributed by atoms with van der Waals surface area (Å²) in [6, 6.07) is 7.12. The molecule has 120 valence electrons. The Kier molecular flexibility index (Phi) is 8.62. The Balaban J connectivity index is 2.26. The number of unbranched alkanes of at least 4 members (excludes halogenated alkanes) is 6. The van der Waals surface area contributed by atoms with Crippen molar-refractivity contribution in [3.05, 3.63) is 35.4 Å². The zero-order valence-electron chi connectivity index (χ0n) is 13.1. The minimum atomic E-state index is -3.01. The lowest BCUT2D eigenvalue weighted by molar-refractivity contribution is 0.282. The summed E-state index contributed by atoms with van der Waals surface area (Å²) in [6.07, 6.45) is 7.92. The lowest BCUT2D eigenvalue weighted by Gasteiger charge is -2.06. The largest absolute Gasteiger partial charge is 0.392 e. The highest BCUT2D eigenvalue weighted by molar-refractivity contribution is 7.90. The van der Waals surface area contributed by atoms with Crippen molar-refractivity contribution in [3.8, 4) is 0 Å². The number of hydrogen-bond acceptors (Lipinski definition) is 3. The first-order chi connectivity index (χ1) is 10.1. The summed E-state index contributed by atoms with van der Waals surface area (Å²) in [5.41, 5.74) is 1.61. The van der Waals surface area contributed by atoms with Crippen LogP contribution >= 0.6 is 0 Å². The van der Waals surface area contributed by atoms with Crippen LogP contribution in [0.3, 0.4) is 0 Å². The van der Waals surface area contributed by atoms with Crippen molar-refractivity contribution in [2.45, 2.75) is 64.2 Å². The van der Waals surface area contributed by atoms with Gasteiger partial charge >= 0.3 is 0 Å². The van der Waals surface area contributed by atoms with E-state index in [4.69, 9.17) is 5.11 Å². The van der Waals surface area contributed by atoms with Gasteiger partial charge in [0.05, 0.1) is 18.1 Å². The molecule has 0 spiro atoms. The van der Waals surface area contributed by atoms with E-state index in [1.54, 1.807) is 24.3 Å². The molecule has 0 saturated carbocycles. The van der Waals surface area contributed by atoms with Crippen molar-refractivity contribution < 1.29 is 13.5 Å². The quantitative estimate of drug-likeness (QED) is 0.632. The highest BCUT2D eigenvalue weighted by atomic mass is 32.2. The average Bonchev–Trinajstić information content (AvgIpc) is 2.46. The molecule has 1 aromatic carbocycles. The van der Waals surface area contributed by atoms with E-state index in [9.17, 15) is 8.42 Å².